The van der Waals surface area contributed by atoms with Gasteiger partial charge in [-0.3, -0.25) is 14.9 Å². The zero-order chi connectivity index (χ0) is 22.1. The fourth-order valence-electron chi connectivity index (χ4n) is 2.96. The second-order valence-corrected chi connectivity index (χ2v) is 10.5. The van der Waals surface area contributed by atoms with E-state index in [0.29, 0.717) is 21.6 Å². The van der Waals surface area contributed by atoms with Gasteiger partial charge in [0.1, 0.15) is 0 Å². The lowest BCUT2D eigenvalue weighted by Gasteiger charge is -2.08. The summed E-state index contributed by atoms with van der Waals surface area (Å²) in [6, 6.07) is 10.8. The molecule has 0 saturated heterocycles. The Morgan fingerprint density at radius 2 is 1.87 bits per heavy atom. The molecule has 3 aromatic rings. The van der Waals surface area contributed by atoms with Crippen molar-refractivity contribution in [1.82, 2.24) is 4.57 Å². The molecule has 0 fully saturated rings. The molecule has 0 aliphatic heterocycles. The van der Waals surface area contributed by atoms with Crippen molar-refractivity contribution in [3.63, 3.8) is 0 Å². The first-order valence-corrected chi connectivity index (χ1v) is 11.7. The maximum Gasteiger partial charge on any atom is 0.270 e. The van der Waals surface area contributed by atoms with E-state index in [9.17, 15) is 23.3 Å². The number of carbonyl (C=O) groups excluding carboxylic acids is 1. The number of fused-ring (bicyclic) bond motifs is 1. The summed E-state index contributed by atoms with van der Waals surface area (Å²) in [5.41, 5.74) is 1.43. The van der Waals surface area contributed by atoms with Crippen LogP contribution in [0.3, 0.4) is 0 Å². The van der Waals surface area contributed by atoms with Gasteiger partial charge < -0.3 is 4.57 Å². The Labute approximate surface area is 177 Å². The number of amides is 1. The molecule has 0 bridgehead atoms. The average molecular weight is 448 g/mol. The van der Waals surface area contributed by atoms with Crippen LogP contribution in [0.15, 0.2) is 52.4 Å². The SMILES string of the molecule is CCn1c(=NC(=O)Cc2ccc(S(=O)(=O)C(C)C)cc2)sc2cc([N+](=O)[O-])ccc21. The minimum Gasteiger partial charge on any atom is -0.317 e. The molecule has 1 amide bonds. The lowest BCUT2D eigenvalue weighted by molar-refractivity contribution is -0.384. The molecule has 0 N–H and O–H groups in total. The van der Waals surface area contributed by atoms with Crippen LogP contribution < -0.4 is 4.80 Å². The van der Waals surface area contributed by atoms with E-state index in [1.54, 1.807) is 32.0 Å². The maximum atomic E-state index is 12.5. The molecule has 0 aliphatic rings. The normalized spacial score (nSPS) is 12.6. The van der Waals surface area contributed by atoms with Crippen molar-refractivity contribution in [2.45, 2.75) is 43.9 Å². The molecule has 30 heavy (non-hydrogen) atoms. The van der Waals surface area contributed by atoms with Gasteiger partial charge >= 0.3 is 0 Å². The Morgan fingerprint density at radius 1 is 1.20 bits per heavy atom. The molecule has 8 nitrogen and oxygen atoms in total. The standard InChI is InChI=1S/C20H21N3O5S2/c1-4-22-17-10-7-15(23(25)26)12-18(17)29-20(22)21-19(24)11-14-5-8-16(9-6-14)30(27,28)13(2)3/h5-10,12-13H,4,11H2,1-3H3. The van der Waals surface area contributed by atoms with Crippen molar-refractivity contribution < 1.29 is 18.1 Å². The number of thiazole rings is 1. The van der Waals surface area contributed by atoms with E-state index in [-0.39, 0.29) is 22.9 Å². The molecule has 158 valence electrons. The van der Waals surface area contributed by atoms with Crippen molar-refractivity contribution in [3.05, 3.63) is 62.9 Å². The lowest BCUT2D eigenvalue weighted by atomic mass is 10.1. The van der Waals surface area contributed by atoms with Crippen LogP contribution in [-0.4, -0.2) is 29.1 Å². The third-order valence-electron chi connectivity index (χ3n) is 4.64. The Kier molecular flexibility index (Phi) is 6.18. The van der Waals surface area contributed by atoms with Crippen LogP contribution in [0.2, 0.25) is 0 Å². The zero-order valence-electron chi connectivity index (χ0n) is 16.7. The second-order valence-electron chi connectivity index (χ2n) is 6.96. The van der Waals surface area contributed by atoms with Crippen molar-refractivity contribution in [2.24, 2.45) is 4.99 Å². The van der Waals surface area contributed by atoms with Gasteiger partial charge in [-0.05, 0) is 44.5 Å². The van der Waals surface area contributed by atoms with Gasteiger partial charge in [-0.25, -0.2) is 8.42 Å². The summed E-state index contributed by atoms with van der Waals surface area (Å²) in [7, 11) is -3.36. The summed E-state index contributed by atoms with van der Waals surface area (Å²) in [5, 5.41) is 10.5. The number of nitro benzene ring substituents is 1. The number of rotatable bonds is 6. The van der Waals surface area contributed by atoms with Gasteiger partial charge in [0.2, 0.25) is 0 Å². The highest BCUT2D eigenvalue weighted by Crippen LogP contribution is 2.23. The van der Waals surface area contributed by atoms with E-state index in [1.165, 1.54) is 35.6 Å². The predicted molar refractivity (Wildman–Crippen MR) is 115 cm³/mol. The third kappa shape index (κ3) is 4.34. The molecule has 1 aromatic heterocycles. The number of aryl methyl sites for hydroxylation is 1. The molecular weight excluding hydrogens is 426 g/mol. The first-order valence-electron chi connectivity index (χ1n) is 9.31. The van der Waals surface area contributed by atoms with Crippen molar-refractivity contribution in [2.75, 3.05) is 0 Å². The van der Waals surface area contributed by atoms with E-state index in [1.807, 2.05) is 11.5 Å². The van der Waals surface area contributed by atoms with E-state index in [4.69, 9.17) is 0 Å². The summed E-state index contributed by atoms with van der Waals surface area (Å²) in [6.07, 6.45) is 0.0279. The van der Waals surface area contributed by atoms with Gasteiger partial charge in [-0.15, -0.1) is 0 Å². The quantitative estimate of drug-likeness (QED) is 0.424. The Morgan fingerprint density at radius 3 is 2.43 bits per heavy atom. The number of hydrogen-bond acceptors (Lipinski definition) is 6. The molecule has 0 saturated carbocycles. The summed E-state index contributed by atoms with van der Waals surface area (Å²) in [5.74, 6) is -0.377. The third-order valence-corrected chi connectivity index (χ3v) is 7.85. The maximum absolute atomic E-state index is 12.5. The first kappa shape index (κ1) is 21.8. The van der Waals surface area contributed by atoms with Gasteiger partial charge in [0.25, 0.3) is 11.6 Å². The average Bonchev–Trinajstić information content (AvgIpc) is 3.03. The lowest BCUT2D eigenvalue weighted by Crippen LogP contribution is -2.16. The molecule has 2 aromatic carbocycles. The monoisotopic (exact) mass is 447 g/mol. The van der Waals surface area contributed by atoms with E-state index >= 15 is 0 Å². The fraction of sp³-hybridized carbons (Fsp3) is 0.300. The zero-order valence-corrected chi connectivity index (χ0v) is 18.4. The summed E-state index contributed by atoms with van der Waals surface area (Å²) < 4.78 is 26.9. The second kappa shape index (κ2) is 8.49. The number of carbonyl (C=O) groups is 1. The molecule has 0 aliphatic carbocycles. The fourth-order valence-corrected chi connectivity index (χ4v) is 5.16. The molecule has 0 unspecified atom stereocenters. The van der Waals surface area contributed by atoms with Gasteiger partial charge in [0, 0.05) is 18.7 Å². The van der Waals surface area contributed by atoms with E-state index in [0.717, 1.165) is 5.52 Å². The van der Waals surface area contributed by atoms with Gasteiger partial charge in [-0.1, -0.05) is 23.5 Å². The van der Waals surface area contributed by atoms with Crippen molar-refractivity contribution >= 4 is 43.0 Å². The number of benzene rings is 2. The van der Waals surface area contributed by atoms with Crippen LogP contribution in [0.1, 0.15) is 26.3 Å². The van der Waals surface area contributed by atoms with Crippen LogP contribution in [0.4, 0.5) is 5.69 Å². The molecular formula is C20H21N3O5S2. The van der Waals surface area contributed by atoms with Crippen LogP contribution in [0.5, 0.6) is 0 Å². The molecule has 10 heteroatoms. The number of aromatic nitrogens is 1. The minimum atomic E-state index is -3.36. The van der Waals surface area contributed by atoms with E-state index in [2.05, 4.69) is 4.99 Å². The number of nitro groups is 1. The number of sulfone groups is 1. The molecule has 3 rings (SSSR count). The minimum absolute atomic E-state index is 0.0127. The van der Waals surface area contributed by atoms with E-state index < -0.39 is 20.0 Å². The number of non-ortho nitro benzene ring substituents is 1. The largest absolute Gasteiger partial charge is 0.317 e. The highest BCUT2D eigenvalue weighted by Gasteiger charge is 2.19. The molecule has 0 radical (unpaired) electrons. The number of hydrogen-bond donors (Lipinski definition) is 0. The summed E-state index contributed by atoms with van der Waals surface area (Å²) >= 11 is 1.22. The van der Waals surface area contributed by atoms with Crippen LogP contribution in [-0.2, 0) is 27.6 Å². The van der Waals surface area contributed by atoms with Gasteiger partial charge in [-0.2, -0.15) is 4.99 Å². The van der Waals surface area contributed by atoms with Crippen molar-refractivity contribution in [3.8, 4) is 0 Å². The molecule has 0 atom stereocenters. The smallest absolute Gasteiger partial charge is 0.270 e. The van der Waals surface area contributed by atoms with Gasteiger partial charge in [0.05, 0.1) is 31.7 Å². The van der Waals surface area contributed by atoms with Crippen LogP contribution >= 0.6 is 11.3 Å². The Hall–Kier alpha value is -2.85. The highest BCUT2D eigenvalue weighted by molar-refractivity contribution is 7.92. The predicted octanol–water partition coefficient (Wildman–Crippen LogP) is 3.48. The summed E-state index contributed by atoms with van der Waals surface area (Å²) in [4.78, 5) is 27.9. The van der Waals surface area contributed by atoms with Crippen molar-refractivity contribution in [1.29, 1.82) is 0 Å². The summed E-state index contributed by atoms with van der Waals surface area (Å²) in [6.45, 7) is 5.71. The number of nitrogens with zero attached hydrogens (tertiary/aromatic N) is 3. The topological polar surface area (TPSA) is 112 Å². The first-order chi connectivity index (χ1) is 14.1. The molecule has 0 spiro atoms. The van der Waals surface area contributed by atoms with Gasteiger partial charge in [0.15, 0.2) is 14.6 Å². The highest BCUT2D eigenvalue weighted by atomic mass is 32.2. The molecule has 1 heterocycles. The Balaban J connectivity index is 1.89. The van der Waals surface area contributed by atoms with Crippen LogP contribution in [0, 0.1) is 10.1 Å². The van der Waals surface area contributed by atoms with Crippen LogP contribution in [0.25, 0.3) is 10.2 Å². The Bertz CT molecular complexity index is 1290.